The zero-order valence-electron chi connectivity index (χ0n) is 8.78. The number of rotatable bonds is 4. The second-order valence-electron chi connectivity index (χ2n) is 3.69. The van der Waals surface area contributed by atoms with E-state index >= 15 is 0 Å². The third kappa shape index (κ3) is 2.60. The molecule has 90 valence electrons. The van der Waals surface area contributed by atoms with Gasteiger partial charge in [-0.15, -0.1) is 11.3 Å². The number of hydrogen-bond donors (Lipinski definition) is 3. The van der Waals surface area contributed by atoms with Gasteiger partial charge in [0.15, 0.2) is 0 Å². The summed E-state index contributed by atoms with van der Waals surface area (Å²) in [5.41, 5.74) is 2.89. The molecule has 0 amide bonds. The molecule has 0 radical (unpaired) electrons. The maximum Gasteiger partial charge on any atom is 0.306 e. The lowest BCUT2D eigenvalue weighted by molar-refractivity contribution is -0.141. The summed E-state index contributed by atoms with van der Waals surface area (Å²) in [7, 11) is 0. The lowest BCUT2D eigenvalue weighted by atomic mass is 10.0. The van der Waals surface area contributed by atoms with Crippen LogP contribution in [0.5, 0.6) is 0 Å². The number of nitrogens with zero attached hydrogens (tertiary/aromatic N) is 1. The Balaban J connectivity index is 2.23. The summed E-state index contributed by atoms with van der Waals surface area (Å²) < 4.78 is 0.980. The average Bonchev–Trinajstić information content (AvgIpc) is 2.73. The third-order valence-corrected chi connectivity index (χ3v) is 3.25. The normalized spacial score (nSPS) is 14.7. The Hall–Kier alpha value is -1.50. The molecule has 2 atom stereocenters. The van der Waals surface area contributed by atoms with Gasteiger partial charge in [-0.2, -0.15) is 0 Å². The van der Waals surface area contributed by atoms with Gasteiger partial charge in [-0.3, -0.25) is 4.79 Å². The predicted octanol–water partition coefficient (Wildman–Crippen LogP) is 1.17. The van der Waals surface area contributed by atoms with Crippen molar-refractivity contribution in [3.8, 4) is 0 Å². The molecule has 2 unspecified atom stereocenters. The Morgan fingerprint density at radius 3 is 2.88 bits per heavy atom. The van der Waals surface area contributed by atoms with Crippen LogP contribution in [0.15, 0.2) is 23.7 Å². The van der Waals surface area contributed by atoms with Crippen LogP contribution in [0.1, 0.15) is 18.1 Å². The summed E-state index contributed by atoms with van der Waals surface area (Å²) in [6, 6.07) is 5.11. The van der Waals surface area contributed by atoms with Crippen molar-refractivity contribution in [2.45, 2.75) is 18.6 Å². The summed E-state index contributed by atoms with van der Waals surface area (Å²) >= 11 is 1.48. The van der Waals surface area contributed by atoms with E-state index in [-0.39, 0.29) is 0 Å². The van der Waals surface area contributed by atoms with Gasteiger partial charge in [0, 0.05) is 0 Å². The van der Waals surface area contributed by atoms with Crippen LogP contribution in [0.25, 0.3) is 10.2 Å². The lowest BCUT2D eigenvalue weighted by Crippen LogP contribution is -2.21. The first-order valence-electron chi connectivity index (χ1n) is 4.99. The molecule has 0 fully saturated rings. The second-order valence-corrected chi connectivity index (χ2v) is 4.58. The first-order chi connectivity index (χ1) is 8.08. The first kappa shape index (κ1) is 12.0. The summed E-state index contributed by atoms with van der Waals surface area (Å²) in [5, 5.41) is 27.8. The molecule has 1 aromatic carbocycles. The van der Waals surface area contributed by atoms with E-state index in [1.54, 1.807) is 23.7 Å². The van der Waals surface area contributed by atoms with Gasteiger partial charge in [-0.1, -0.05) is 6.07 Å². The van der Waals surface area contributed by atoms with Crippen molar-refractivity contribution in [3.63, 3.8) is 0 Å². The standard InChI is InChI=1S/C11H11NO4S/c13-8(4-10(14)15)11(16)6-1-2-9-7(3-6)12-5-17-9/h1-3,5,8,11,13,16H,4H2,(H,14,15). The van der Waals surface area contributed by atoms with E-state index in [4.69, 9.17) is 5.11 Å². The van der Waals surface area contributed by atoms with Crippen molar-refractivity contribution in [1.82, 2.24) is 4.98 Å². The van der Waals surface area contributed by atoms with Gasteiger partial charge in [0.05, 0.1) is 28.3 Å². The largest absolute Gasteiger partial charge is 0.481 e. The molecule has 0 aliphatic carbocycles. The first-order valence-corrected chi connectivity index (χ1v) is 5.87. The van der Waals surface area contributed by atoms with E-state index in [1.807, 2.05) is 0 Å². The number of aliphatic carboxylic acids is 1. The van der Waals surface area contributed by atoms with Crippen LogP contribution >= 0.6 is 11.3 Å². The Labute approximate surface area is 101 Å². The number of carbonyl (C=O) groups is 1. The van der Waals surface area contributed by atoms with Crippen LogP contribution < -0.4 is 0 Å². The molecule has 17 heavy (non-hydrogen) atoms. The number of aliphatic hydroxyl groups excluding tert-OH is 2. The molecule has 1 heterocycles. The zero-order chi connectivity index (χ0) is 12.4. The highest BCUT2D eigenvalue weighted by molar-refractivity contribution is 7.16. The fourth-order valence-electron chi connectivity index (χ4n) is 1.57. The number of aliphatic hydroxyl groups is 2. The highest BCUT2D eigenvalue weighted by atomic mass is 32.1. The fourth-order valence-corrected chi connectivity index (χ4v) is 2.23. The molecule has 5 nitrogen and oxygen atoms in total. The van der Waals surface area contributed by atoms with Crippen molar-refractivity contribution < 1.29 is 20.1 Å². The fraction of sp³-hybridized carbons (Fsp3) is 0.273. The van der Waals surface area contributed by atoms with Gasteiger partial charge in [0.2, 0.25) is 0 Å². The van der Waals surface area contributed by atoms with Crippen molar-refractivity contribution in [2.24, 2.45) is 0 Å². The number of carboxylic acids is 1. The molecule has 0 aliphatic rings. The van der Waals surface area contributed by atoms with Crippen LogP contribution in [0.4, 0.5) is 0 Å². The van der Waals surface area contributed by atoms with Crippen LogP contribution in [-0.4, -0.2) is 32.4 Å². The second kappa shape index (κ2) is 4.79. The average molecular weight is 253 g/mol. The maximum absolute atomic E-state index is 10.4. The van der Waals surface area contributed by atoms with Gasteiger partial charge in [-0.25, -0.2) is 4.98 Å². The Bertz CT molecular complexity index is 539. The SMILES string of the molecule is O=C(O)CC(O)C(O)c1ccc2scnc2c1. The molecule has 0 aliphatic heterocycles. The summed E-state index contributed by atoms with van der Waals surface area (Å²) in [5.74, 6) is -1.15. The molecular formula is C11H11NO4S. The molecular weight excluding hydrogens is 242 g/mol. The highest BCUT2D eigenvalue weighted by Gasteiger charge is 2.21. The van der Waals surface area contributed by atoms with Crippen molar-refractivity contribution >= 4 is 27.5 Å². The van der Waals surface area contributed by atoms with E-state index in [0.717, 1.165) is 10.2 Å². The number of carboxylic acid groups (broad SMARTS) is 1. The highest BCUT2D eigenvalue weighted by Crippen LogP contribution is 2.25. The molecule has 0 spiro atoms. The predicted molar refractivity (Wildman–Crippen MR) is 62.8 cm³/mol. The Morgan fingerprint density at radius 2 is 2.18 bits per heavy atom. The maximum atomic E-state index is 10.4. The smallest absolute Gasteiger partial charge is 0.306 e. The minimum atomic E-state index is -1.32. The van der Waals surface area contributed by atoms with Gasteiger partial charge >= 0.3 is 5.97 Å². The van der Waals surface area contributed by atoms with Gasteiger partial charge in [-0.05, 0) is 17.7 Å². The van der Waals surface area contributed by atoms with Crippen LogP contribution in [0.2, 0.25) is 0 Å². The summed E-state index contributed by atoms with van der Waals surface area (Å²) in [6.07, 6.45) is -3.02. The van der Waals surface area contributed by atoms with E-state index in [2.05, 4.69) is 4.98 Å². The van der Waals surface area contributed by atoms with E-state index < -0.39 is 24.6 Å². The molecule has 2 aromatic rings. The van der Waals surface area contributed by atoms with Crippen molar-refractivity contribution in [3.05, 3.63) is 29.3 Å². The molecule has 6 heteroatoms. The van der Waals surface area contributed by atoms with Crippen LogP contribution in [-0.2, 0) is 4.79 Å². The van der Waals surface area contributed by atoms with Gasteiger partial charge < -0.3 is 15.3 Å². The lowest BCUT2D eigenvalue weighted by Gasteiger charge is -2.16. The van der Waals surface area contributed by atoms with Gasteiger partial charge in [0.1, 0.15) is 6.10 Å². The van der Waals surface area contributed by atoms with Crippen LogP contribution in [0.3, 0.4) is 0 Å². The van der Waals surface area contributed by atoms with Crippen LogP contribution in [0, 0.1) is 0 Å². The zero-order valence-corrected chi connectivity index (χ0v) is 9.59. The monoisotopic (exact) mass is 253 g/mol. The summed E-state index contributed by atoms with van der Waals surface area (Å²) in [4.78, 5) is 14.5. The molecule has 2 rings (SSSR count). The minimum absolute atomic E-state index is 0.470. The molecule has 0 saturated heterocycles. The minimum Gasteiger partial charge on any atom is -0.481 e. The molecule has 0 bridgehead atoms. The van der Waals surface area contributed by atoms with E-state index in [1.165, 1.54) is 11.3 Å². The number of benzene rings is 1. The molecule has 0 saturated carbocycles. The third-order valence-electron chi connectivity index (χ3n) is 2.44. The number of aromatic nitrogens is 1. The molecule has 1 aromatic heterocycles. The number of fused-ring (bicyclic) bond motifs is 1. The number of hydrogen-bond acceptors (Lipinski definition) is 5. The van der Waals surface area contributed by atoms with E-state index in [0.29, 0.717) is 5.56 Å². The Kier molecular flexibility index (Phi) is 3.37. The summed E-state index contributed by atoms with van der Waals surface area (Å²) in [6.45, 7) is 0. The Morgan fingerprint density at radius 1 is 1.41 bits per heavy atom. The van der Waals surface area contributed by atoms with Crippen molar-refractivity contribution in [1.29, 1.82) is 0 Å². The topological polar surface area (TPSA) is 90.7 Å². The van der Waals surface area contributed by atoms with Crippen molar-refractivity contribution in [2.75, 3.05) is 0 Å². The molecule has 3 N–H and O–H groups in total. The van der Waals surface area contributed by atoms with E-state index in [9.17, 15) is 15.0 Å². The quantitative estimate of drug-likeness (QED) is 0.760. The van der Waals surface area contributed by atoms with Gasteiger partial charge in [0.25, 0.3) is 0 Å². The number of thiazole rings is 1.